The van der Waals surface area contributed by atoms with E-state index in [1.54, 1.807) is 0 Å². The van der Waals surface area contributed by atoms with Crippen LogP contribution in [0.2, 0.25) is 0 Å². The largest absolute Gasteiger partial charge is 0.478 e. The minimum atomic E-state index is -3.06. The third-order valence-corrected chi connectivity index (χ3v) is 1.36. The molecule has 0 aromatic heterocycles. The first-order valence-corrected chi connectivity index (χ1v) is 2.80. The Balaban J connectivity index is 4.57. The number of halogens is 2. The van der Waals surface area contributed by atoms with Gasteiger partial charge in [-0.1, -0.05) is 23.2 Å². The highest BCUT2D eigenvalue weighted by Gasteiger charge is 2.51. The molecule has 0 bridgehead atoms. The Morgan fingerprint density at radius 1 is 1.40 bits per heavy atom. The molecule has 0 aliphatic heterocycles. The van der Waals surface area contributed by atoms with E-state index in [0.29, 0.717) is 0 Å². The zero-order valence-electron chi connectivity index (χ0n) is 4.58. The van der Waals surface area contributed by atoms with Crippen LogP contribution in [0.5, 0.6) is 0 Å². The Labute approximate surface area is 66.0 Å². The molecule has 0 aromatic carbocycles. The van der Waals surface area contributed by atoms with E-state index in [1.165, 1.54) is 0 Å². The first-order valence-electron chi connectivity index (χ1n) is 2.04. The zero-order chi connectivity index (χ0) is 8.58. The molecule has 1 atom stereocenters. The Kier molecular flexibility index (Phi) is 2.50. The van der Waals surface area contributed by atoms with Gasteiger partial charge in [-0.2, -0.15) is 0 Å². The summed E-state index contributed by atoms with van der Waals surface area (Å²) >= 11 is 9.57. The maximum Gasteiger partial charge on any atom is 0.357 e. The smallest absolute Gasteiger partial charge is 0.357 e. The van der Waals surface area contributed by atoms with Gasteiger partial charge in [0.1, 0.15) is 0 Å². The average Bonchev–Trinajstić information content (AvgIpc) is 1.62. The highest BCUT2D eigenvalue weighted by Crippen LogP contribution is 2.26. The zero-order valence-corrected chi connectivity index (χ0v) is 6.10. The molecular formula is C3H5Cl2NO4. The lowest BCUT2D eigenvalue weighted by molar-refractivity contribution is -0.168. The summed E-state index contributed by atoms with van der Waals surface area (Å²) in [7, 11) is 0. The molecule has 60 valence electrons. The van der Waals surface area contributed by atoms with E-state index in [4.69, 9.17) is 38.5 Å². The van der Waals surface area contributed by atoms with Crippen LogP contribution < -0.4 is 5.73 Å². The predicted octanol–water partition coefficient (Wildman–Crippen LogP) is -1.16. The fourth-order valence-corrected chi connectivity index (χ4v) is 0.290. The van der Waals surface area contributed by atoms with Crippen LogP contribution in [-0.4, -0.2) is 31.5 Å². The SMILES string of the molecule is NC(O)(C(=O)O)C(O)(Cl)Cl. The number of aliphatic carboxylic acids is 1. The molecule has 5 N–H and O–H groups in total. The number of carbonyl (C=O) groups is 1. The Bertz CT molecular complexity index is 151. The average molecular weight is 190 g/mol. The molecule has 0 rings (SSSR count). The molecule has 0 amide bonds. The Morgan fingerprint density at radius 2 is 1.70 bits per heavy atom. The van der Waals surface area contributed by atoms with Gasteiger partial charge in [0.25, 0.3) is 10.2 Å². The van der Waals surface area contributed by atoms with Gasteiger partial charge in [-0.25, -0.2) is 4.79 Å². The summed E-state index contributed by atoms with van der Waals surface area (Å²) in [5.74, 6) is -1.92. The van der Waals surface area contributed by atoms with Gasteiger partial charge < -0.3 is 15.3 Å². The van der Waals surface area contributed by atoms with Crippen LogP contribution in [0.15, 0.2) is 0 Å². The second-order valence-electron chi connectivity index (χ2n) is 1.61. The van der Waals surface area contributed by atoms with Crippen molar-refractivity contribution < 1.29 is 20.1 Å². The summed E-state index contributed by atoms with van der Waals surface area (Å²) in [6.07, 6.45) is 0. The molecule has 0 spiro atoms. The molecule has 0 aliphatic carbocycles. The van der Waals surface area contributed by atoms with Crippen molar-refractivity contribution in [3.8, 4) is 0 Å². The van der Waals surface area contributed by atoms with Crippen LogP contribution >= 0.6 is 23.2 Å². The van der Waals surface area contributed by atoms with Crippen molar-refractivity contribution in [2.75, 3.05) is 0 Å². The van der Waals surface area contributed by atoms with Crippen molar-refractivity contribution in [1.82, 2.24) is 0 Å². The maximum atomic E-state index is 9.96. The van der Waals surface area contributed by atoms with Crippen LogP contribution in [0.1, 0.15) is 0 Å². The molecule has 0 aliphatic rings. The minimum absolute atomic E-state index is 1.92. The van der Waals surface area contributed by atoms with Gasteiger partial charge in [0.15, 0.2) is 0 Å². The predicted molar refractivity (Wildman–Crippen MR) is 33.4 cm³/mol. The summed E-state index contributed by atoms with van der Waals surface area (Å²) < 4.78 is -2.90. The van der Waals surface area contributed by atoms with Crippen LogP contribution in [0.4, 0.5) is 0 Å². The van der Waals surface area contributed by atoms with E-state index in [9.17, 15) is 4.79 Å². The third kappa shape index (κ3) is 1.71. The van der Waals surface area contributed by atoms with Gasteiger partial charge in [0, 0.05) is 0 Å². The number of aliphatic hydroxyl groups is 2. The molecule has 10 heavy (non-hydrogen) atoms. The van der Waals surface area contributed by atoms with Crippen LogP contribution in [-0.2, 0) is 4.79 Å². The van der Waals surface area contributed by atoms with Crippen molar-refractivity contribution >= 4 is 29.2 Å². The topological polar surface area (TPSA) is 104 Å². The lowest BCUT2D eigenvalue weighted by atomic mass is 10.2. The van der Waals surface area contributed by atoms with E-state index in [2.05, 4.69) is 5.73 Å². The first kappa shape index (κ1) is 9.93. The lowest BCUT2D eigenvalue weighted by Crippen LogP contribution is -2.60. The van der Waals surface area contributed by atoms with E-state index in [1.807, 2.05) is 0 Å². The second-order valence-corrected chi connectivity index (χ2v) is 2.90. The van der Waals surface area contributed by atoms with Gasteiger partial charge >= 0.3 is 5.97 Å². The minimum Gasteiger partial charge on any atom is -0.478 e. The van der Waals surface area contributed by atoms with Gasteiger partial charge in [0.05, 0.1) is 0 Å². The van der Waals surface area contributed by atoms with E-state index < -0.39 is 16.2 Å². The van der Waals surface area contributed by atoms with Crippen LogP contribution in [0.25, 0.3) is 0 Å². The second kappa shape index (κ2) is 2.52. The summed E-state index contributed by atoms with van der Waals surface area (Å²) in [6, 6.07) is 0. The van der Waals surface area contributed by atoms with Gasteiger partial charge in [-0.15, -0.1) is 0 Å². The number of carboxylic acids is 1. The molecule has 7 heteroatoms. The molecule has 0 radical (unpaired) electrons. The maximum absolute atomic E-state index is 9.96. The number of nitrogens with two attached hydrogens (primary N) is 1. The molecular weight excluding hydrogens is 185 g/mol. The first-order chi connectivity index (χ1) is 4.19. The lowest BCUT2D eigenvalue weighted by Gasteiger charge is -2.25. The Hall–Kier alpha value is -0.0700. The summed E-state index contributed by atoms with van der Waals surface area (Å²) in [6.45, 7) is 0. The Morgan fingerprint density at radius 3 is 1.70 bits per heavy atom. The summed E-state index contributed by atoms with van der Waals surface area (Å²) in [4.78, 5) is 9.96. The highest BCUT2D eigenvalue weighted by atomic mass is 35.5. The number of hydrogen-bond acceptors (Lipinski definition) is 4. The number of carboxylic acid groups (broad SMARTS) is 1. The number of hydrogen-bond donors (Lipinski definition) is 4. The summed E-state index contributed by atoms with van der Waals surface area (Å²) in [5.41, 5.74) is 1.52. The van der Waals surface area contributed by atoms with Crippen LogP contribution in [0.3, 0.4) is 0 Å². The summed E-state index contributed by atoms with van der Waals surface area (Å²) in [5, 5.41) is 25.2. The quantitative estimate of drug-likeness (QED) is 0.325. The van der Waals surface area contributed by atoms with Gasteiger partial charge in [0.2, 0.25) is 0 Å². The molecule has 5 nitrogen and oxygen atoms in total. The van der Waals surface area contributed by atoms with Crippen molar-refractivity contribution in [2.45, 2.75) is 10.2 Å². The van der Waals surface area contributed by atoms with Crippen molar-refractivity contribution in [3.05, 3.63) is 0 Å². The number of rotatable bonds is 2. The van der Waals surface area contributed by atoms with Crippen LogP contribution in [0, 0.1) is 0 Å². The van der Waals surface area contributed by atoms with E-state index in [0.717, 1.165) is 0 Å². The normalized spacial score (nSPS) is 18.1. The highest BCUT2D eigenvalue weighted by molar-refractivity contribution is 6.48. The fraction of sp³-hybridized carbons (Fsp3) is 0.667. The van der Waals surface area contributed by atoms with Crippen molar-refractivity contribution in [1.29, 1.82) is 0 Å². The molecule has 0 fully saturated rings. The van der Waals surface area contributed by atoms with E-state index in [-0.39, 0.29) is 0 Å². The molecule has 0 heterocycles. The molecule has 1 unspecified atom stereocenters. The van der Waals surface area contributed by atoms with Gasteiger partial charge in [-0.3, -0.25) is 5.73 Å². The standard InChI is InChI=1S/C3H5Cl2NO4/c4-3(5,10)2(6,9)1(7)8/h9-10H,6H2,(H,7,8). The fourth-order valence-electron chi connectivity index (χ4n) is 0.129. The number of alkyl halides is 2. The van der Waals surface area contributed by atoms with E-state index >= 15 is 0 Å². The third-order valence-electron chi connectivity index (χ3n) is 0.785. The molecule has 0 aromatic rings. The van der Waals surface area contributed by atoms with Crippen molar-refractivity contribution in [2.24, 2.45) is 5.73 Å². The van der Waals surface area contributed by atoms with Gasteiger partial charge in [-0.05, 0) is 0 Å². The van der Waals surface area contributed by atoms with Crippen molar-refractivity contribution in [3.63, 3.8) is 0 Å². The molecule has 0 saturated carbocycles. The molecule has 0 saturated heterocycles. The monoisotopic (exact) mass is 189 g/mol.